The number of rotatable bonds is 4. The third-order valence-electron chi connectivity index (χ3n) is 4.26. The summed E-state index contributed by atoms with van der Waals surface area (Å²) in [5.41, 5.74) is 6.34. The van der Waals surface area contributed by atoms with Crippen LogP contribution >= 0.6 is 11.3 Å². The van der Waals surface area contributed by atoms with E-state index in [1.165, 1.54) is 41.9 Å². The van der Waals surface area contributed by atoms with Crippen molar-refractivity contribution in [1.29, 1.82) is 0 Å². The van der Waals surface area contributed by atoms with E-state index >= 15 is 0 Å². The van der Waals surface area contributed by atoms with Gasteiger partial charge in [0.05, 0.1) is 6.04 Å². The van der Waals surface area contributed by atoms with E-state index in [0.29, 0.717) is 6.04 Å². The zero-order chi connectivity index (χ0) is 13.2. The smallest absolute Gasteiger partial charge is 0.0794 e. The van der Waals surface area contributed by atoms with Crippen LogP contribution in [0.4, 0.5) is 0 Å². The second-order valence-corrected chi connectivity index (χ2v) is 6.60. The summed E-state index contributed by atoms with van der Waals surface area (Å²) >= 11 is 1.88. The third-order valence-corrected chi connectivity index (χ3v) is 5.22. The molecule has 2 aromatic heterocycles. The quantitative estimate of drug-likeness (QED) is 0.859. The fraction of sp³-hybridized carbons (Fsp3) is 0.500. The van der Waals surface area contributed by atoms with Crippen LogP contribution in [0.3, 0.4) is 0 Å². The highest BCUT2D eigenvalue weighted by atomic mass is 32.1. The number of thiophene rings is 1. The van der Waals surface area contributed by atoms with Crippen molar-refractivity contribution in [1.82, 2.24) is 4.68 Å². The summed E-state index contributed by atoms with van der Waals surface area (Å²) < 4.78 is 2.25. The first-order valence-corrected chi connectivity index (χ1v) is 8.08. The lowest BCUT2D eigenvalue weighted by molar-refractivity contribution is 0.443. The molecule has 1 unspecified atom stereocenters. The van der Waals surface area contributed by atoms with Crippen molar-refractivity contribution in [3.05, 3.63) is 45.9 Å². The zero-order valence-corrected chi connectivity index (χ0v) is 12.5. The van der Waals surface area contributed by atoms with Gasteiger partial charge in [0.2, 0.25) is 0 Å². The topological polar surface area (TPSA) is 17.0 Å². The minimum absolute atomic E-state index is 0.465. The number of aromatic nitrogens is 1. The fourth-order valence-corrected chi connectivity index (χ4v) is 4.03. The number of nitrogens with zero attached hydrogens (tertiary/aromatic N) is 1. The van der Waals surface area contributed by atoms with Gasteiger partial charge in [0.1, 0.15) is 0 Å². The number of hydrogen-bond donors (Lipinski definition) is 1. The first-order valence-electron chi connectivity index (χ1n) is 7.20. The van der Waals surface area contributed by atoms with Gasteiger partial charge in [0, 0.05) is 16.3 Å². The number of aryl methyl sites for hydroxylation is 2. The Balaban J connectivity index is 1.87. The molecule has 3 rings (SSSR count). The van der Waals surface area contributed by atoms with Crippen LogP contribution in [0.25, 0.3) is 0 Å². The lowest BCUT2D eigenvalue weighted by atomic mass is 9.97. The molecule has 1 aliphatic rings. The molecule has 0 radical (unpaired) electrons. The predicted octanol–water partition coefficient (Wildman–Crippen LogP) is 4.64. The molecule has 0 aromatic carbocycles. The van der Waals surface area contributed by atoms with Crippen molar-refractivity contribution < 1.29 is 0 Å². The highest BCUT2D eigenvalue weighted by Crippen LogP contribution is 2.38. The SMILES string of the molecule is Cc1ccc(C)n1NC(c1cccs1)C1CCCC1. The summed E-state index contributed by atoms with van der Waals surface area (Å²) in [6.45, 7) is 4.33. The minimum atomic E-state index is 0.465. The standard InChI is InChI=1S/C16H22N2S/c1-12-9-10-13(2)18(12)17-16(14-6-3-4-7-14)15-8-5-11-19-15/h5,8-11,14,16-17H,3-4,6-7H2,1-2H3. The maximum absolute atomic E-state index is 3.77. The van der Waals surface area contributed by atoms with Crippen LogP contribution in [-0.4, -0.2) is 4.68 Å². The summed E-state index contributed by atoms with van der Waals surface area (Å²) in [4.78, 5) is 1.47. The maximum Gasteiger partial charge on any atom is 0.0794 e. The molecule has 2 aromatic rings. The van der Waals surface area contributed by atoms with Crippen LogP contribution in [0.2, 0.25) is 0 Å². The van der Waals surface area contributed by atoms with Gasteiger partial charge >= 0.3 is 0 Å². The molecule has 19 heavy (non-hydrogen) atoms. The maximum atomic E-state index is 3.77. The third kappa shape index (κ3) is 2.57. The van der Waals surface area contributed by atoms with Gasteiger partial charge in [-0.05, 0) is 56.2 Å². The van der Waals surface area contributed by atoms with Gasteiger partial charge in [-0.15, -0.1) is 11.3 Å². The summed E-state index contributed by atoms with van der Waals surface area (Å²) in [5.74, 6) is 0.778. The Morgan fingerprint density at radius 3 is 2.42 bits per heavy atom. The van der Waals surface area contributed by atoms with Crippen molar-refractivity contribution >= 4 is 11.3 Å². The summed E-state index contributed by atoms with van der Waals surface area (Å²) in [5, 5.41) is 2.19. The highest BCUT2D eigenvalue weighted by Gasteiger charge is 2.27. The number of nitrogens with one attached hydrogen (secondary N) is 1. The van der Waals surface area contributed by atoms with Gasteiger partial charge in [-0.1, -0.05) is 18.9 Å². The molecule has 0 bridgehead atoms. The molecule has 2 nitrogen and oxygen atoms in total. The van der Waals surface area contributed by atoms with Crippen molar-refractivity contribution in [2.75, 3.05) is 5.43 Å². The van der Waals surface area contributed by atoms with E-state index in [1.807, 2.05) is 11.3 Å². The van der Waals surface area contributed by atoms with Gasteiger partial charge in [-0.3, -0.25) is 4.68 Å². The van der Waals surface area contributed by atoms with Crippen LogP contribution in [0, 0.1) is 19.8 Å². The number of hydrogen-bond acceptors (Lipinski definition) is 2. The Morgan fingerprint density at radius 1 is 1.16 bits per heavy atom. The zero-order valence-electron chi connectivity index (χ0n) is 11.7. The Kier molecular flexibility index (Phi) is 3.65. The molecule has 1 N–H and O–H groups in total. The second-order valence-electron chi connectivity index (χ2n) is 5.62. The van der Waals surface area contributed by atoms with Gasteiger partial charge in [0.15, 0.2) is 0 Å². The molecule has 1 atom stereocenters. The van der Waals surface area contributed by atoms with Gasteiger partial charge in [-0.2, -0.15) is 0 Å². The van der Waals surface area contributed by atoms with E-state index in [-0.39, 0.29) is 0 Å². The van der Waals surface area contributed by atoms with Crippen molar-refractivity contribution in [2.45, 2.75) is 45.6 Å². The first kappa shape index (κ1) is 12.8. The van der Waals surface area contributed by atoms with Crippen LogP contribution in [-0.2, 0) is 0 Å². The molecule has 1 saturated carbocycles. The molecular weight excluding hydrogens is 252 g/mol. The van der Waals surface area contributed by atoms with Crippen LogP contribution in [0.1, 0.15) is 48.0 Å². The molecule has 0 aliphatic heterocycles. The lowest BCUT2D eigenvalue weighted by Gasteiger charge is -2.27. The average Bonchev–Trinajstić information content (AvgIpc) is 3.12. The molecule has 0 spiro atoms. The van der Waals surface area contributed by atoms with Gasteiger partial charge in [0.25, 0.3) is 0 Å². The average molecular weight is 274 g/mol. The van der Waals surface area contributed by atoms with E-state index in [4.69, 9.17) is 0 Å². The predicted molar refractivity (Wildman–Crippen MR) is 82.3 cm³/mol. The molecule has 102 valence electrons. The largest absolute Gasteiger partial charge is 0.317 e. The van der Waals surface area contributed by atoms with Gasteiger partial charge in [-0.25, -0.2) is 0 Å². The van der Waals surface area contributed by atoms with E-state index in [0.717, 1.165) is 5.92 Å². The molecular formula is C16H22N2S. The second kappa shape index (κ2) is 5.41. The first-order chi connectivity index (χ1) is 9.25. The van der Waals surface area contributed by atoms with Crippen LogP contribution in [0.5, 0.6) is 0 Å². The van der Waals surface area contributed by atoms with Crippen LogP contribution in [0.15, 0.2) is 29.6 Å². The molecule has 0 saturated heterocycles. The van der Waals surface area contributed by atoms with E-state index < -0.39 is 0 Å². The van der Waals surface area contributed by atoms with E-state index in [2.05, 4.69) is 53.6 Å². The monoisotopic (exact) mass is 274 g/mol. The summed E-state index contributed by atoms with van der Waals surface area (Å²) in [6.07, 6.45) is 5.49. The van der Waals surface area contributed by atoms with Crippen molar-refractivity contribution in [2.24, 2.45) is 5.92 Å². The van der Waals surface area contributed by atoms with E-state index in [9.17, 15) is 0 Å². The van der Waals surface area contributed by atoms with Crippen LogP contribution < -0.4 is 5.43 Å². The normalized spacial score (nSPS) is 17.8. The Morgan fingerprint density at radius 2 is 1.84 bits per heavy atom. The molecule has 3 heteroatoms. The highest BCUT2D eigenvalue weighted by molar-refractivity contribution is 7.10. The van der Waals surface area contributed by atoms with E-state index in [1.54, 1.807) is 0 Å². The van der Waals surface area contributed by atoms with Crippen molar-refractivity contribution in [3.8, 4) is 0 Å². The van der Waals surface area contributed by atoms with Gasteiger partial charge < -0.3 is 5.43 Å². The Bertz CT molecular complexity index is 501. The summed E-state index contributed by atoms with van der Waals surface area (Å²) in [7, 11) is 0. The lowest BCUT2D eigenvalue weighted by Crippen LogP contribution is -2.27. The molecule has 0 amide bonds. The van der Waals surface area contributed by atoms with Crippen molar-refractivity contribution in [3.63, 3.8) is 0 Å². The molecule has 1 aliphatic carbocycles. The fourth-order valence-electron chi connectivity index (χ4n) is 3.17. The Hall–Kier alpha value is -1.22. The summed E-state index contributed by atoms with van der Waals surface area (Å²) in [6, 6.07) is 9.27. The minimum Gasteiger partial charge on any atom is -0.317 e. The Labute approximate surface area is 119 Å². The molecule has 2 heterocycles. The molecule has 1 fully saturated rings.